The summed E-state index contributed by atoms with van der Waals surface area (Å²) in [6, 6.07) is -1.08. The highest BCUT2D eigenvalue weighted by atomic mass is 32.2. The van der Waals surface area contributed by atoms with Crippen molar-refractivity contribution in [2.24, 2.45) is 0 Å². The van der Waals surface area contributed by atoms with Crippen LogP contribution in [0.4, 0.5) is 0 Å². The zero-order valence-electron chi connectivity index (χ0n) is 9.47. The molecule has 2 atom stereocenters. The number of amides is 2. The summed E-state index contributed by atoms with van der Waals surface area (Å²) in [6.07, 6.45) is 0.424. The normalized spacial score (nSPS) is 24.0. The molecule has 0 bridgehead atoms. The first-order chi connectivity index (χ1) is 7.84. The van der Waals surface area contributed by atoms with E-state index in [1.807, 2.05) is 0 Å². The van der Waals surface area contributed by atoms with Gasteiger partial charge in [0, 0.05) is 18.7 Å². The van der Waals surface area contributed by atoms with Crippen molar-refractivity contribution in [3.05, 3.63) is 0 Å². The van der Waals surface area contributed by atoms with Crippen LogP contribution in [0.3, 0.4) is 0 Å². The van der Waals surface area contributed by atoms with Gasteiger partial charge in [-0.2, -0.15) is 12.6 Å². The Morgan fingerprint density at radius 3 is 2.53 bits per heavy atom. The smallest absolute Gasteiger partial charge is 0.243 e. The molecule has 2 N–H and O–H groups in total. The third kappa shape index (κ3) is 4.55. The van der Waals surface area contributed by atoms with Gasteiger partial charge in [0.05, 0.1) is 11.5 Å². The molecular weight excluding hydrogens is 264 g/mol. The van der Waals surface area contributed by atoms with E-state index in [1.165, 1.54) is 6.92 Å². The van der Waals surface area contributed by atoms with E-state index in [4.69, 9.17) is 0 Å². The van der Waals surface area contributed by atoms with Gasteiger partial charge in [-0.3, -0.25) is 9.59 Å². The van der Waals surface area contributed by atoms with Crippen LogP contribution in [0.2, 0.25) is 0 Å². The lowest BCUT2D eigenvalue weighted by molar-refractivity contribution is -0.127. The molecule has 1 rings (SSSR count). The van der Waals surface area contributed by atoms with Gasteiger partial charge >= 0.3 is 0 Å². The molecule has 2 amide bonds. The molecule has 1 heterocycles. The number of carbonyl (C=O) groups excluding carboxylic acids is 2. The van der Waals surface area contributed by atoms with Gasteiger partial charge in [-0.15, -0.1) is 0 Å². The van der Waals surface area contributed by atoms with Gasteiger partial charge in [-0.1, -0.05) is 0 Å². The van der Waals surface area contributed by atoms with Gasteiger partial charge in [0.2, 0.25) is 11.8 Å². The molecule has 6 nitrogen and oxygen atoms in total. The van der Waals surface area contributed by atoms with Crippen molar-refractivity contribution in [3.8, 4) is 0 Å². The Bertz CT molecular complexity index is 407. The van der Waals surface area contributed by atoms with Crippen molar-refractivity contribution in [1.29, 1.82) is 0 Å². The first kappa shape index (κ1) is 14.3. The molecule has 0 radical (unpaired) electrons. The van der Waals surface area contributed by atoms with Crippen molar-refractivity contribution in [2.75, 3.05) is 17.3 Å². The second kappa shape index (κ2) is 5.72. The summed E-state index contributed by atoms with van der Waals surface area (Å²) < 4.78 is 22.4. The molecule has 1 fully saturated rings. The lowest BCUT2D eigenvalue weighted by Crippen LogP contribution is -2.50. The molecular formula is C9H16N2O4S2. The average Bonchev–Trinajstić information content (AvgIpc) is 2.54. The lowest BCUT2D eigenvalue weighted by Gasteiger charge is -2.18. The predicted octanol–water partition coefficient (Wildman–Crippen LogP) is -1.28. The van der Waals surface area contributed by atoms with Gasteiger partial charge in [-0.25, -0.2) is 8.42 Å². The Morgan fingerprint density at radius 1 is 1.47 bits per heavy atom. The van der Waals surface area contributed by atoms with Crippen LogP contribution in [0.15, 0.2) is 0 Å². The Hall–Kier alpha value is -0.760. The van der Waals surface area contributed by atoms with Gasteiger partial charge in [-0.05, 0) is 6.42 Å². The fourth-order valence-electron chi connectivity index (χ4n) is 1.65. The standard InChI is InChI=1S/C9H16N2O4S2/c1-6(12)10-8(4-16)9(13)11-7-2-3-17(14,15)5-7/h7-8,16H,2-5H2,1H3,(H,10,12)(H,11,13). The van der Waals surface area contributed by atoms with Crippen LogP contribution in [-0.4, -0.2) is 49.6 Å². The van der Waals surface area contributed by atoms with Crippen molar-refractivity contribution in [2.45, 2.75) is 25.4 Å². The minimum absolute atomic E-state index is 0.0297. The number of nitrogens with one attached hydrogen (secondary N) is 2. The molecule has 98 valence electrons. The molecule has 0 aromatic rings. The van der Waals surface area contributed by atoms with Crippen LogP contribution in [0.5, 0.6) is 0 Å². The van der Waals surface area contributed by atoms with Gasteiger partial charge < -0.3 is 10.6 Å². The Labute approximate surface area is 106 Å². The summed E-state index contributed by atoms with van der Waals surface area (Å²) in [7, 11) is -3.02. The van der Waals surface area contributed by atoms with E-state index in [-0.39, 0.29) is 29.2 Å². The number of hydrogen-bond donors (Lipinski definition) is 3. The fraction of sp³-hybridized carbons (Fsp3) is 0.778. The molecule has 0 aromatic heterocycles. The fourth-order valence-corrected chi connectivity index (χ4v) is 3.58. The molecule has 1 aliphatic heterocycles. The molecule has 1 aliphatic rings. The van der Waals surface area contributed by atoms with Crippen molar-refractivity contribution >= 4 is 34.3 Å². The van der Waals surface area contributed by atoms with E-state index < -0.39 is 21.8 Å². The number of sulfone groups is 1. The second-order valence-corrected chi connectivity index (χ2v) is 6.64. The van der Waals surface area contributed by atoms with E-state index in [9.17, 15) is 18.0 Å². The largest absolute Gasteiger partial charge is 0.351 e. The lowest BCUT2D eigenvalue weighted by atomic mass is 10.2. The summed E-state index contributed by atoms with van der Waals surface area (Å²) in [5.74, 6) is -0.470. The Morgan fingerprint density at radius 2 is 2.12 bits per heavy atom. The third-order valence-corrected chi connectivity index (χ3v) is 4.59. The van der Waals surface area contributed by atoms with Crippen molar-refractivity contribution < 1.29 is 18.0 Å². The zero-order chi connectivity index (χ0) is 13.1. The highest BCUT2D eigenvalue weighted by Gasteiger charge is 2.30. The number of hydrogen-bond acceptors (Lipinski definition) is 5. The third-order valence-electron chi connectivity index (χ3n) is 2.46. The van der Waals surface area contributed by atoms with E-state index >= 15 is 0 Å². The van der Waals surface area contributed by atoms with E-state index in [0.29, 0.717) is 6.42 Å². The summed E-state index contributed by atoms with van der Waals surface area (Å²) in [4.78, 5) is 22.5. The molecule has 2 unspecified atom stereocenters. The van der Waals surface area contributed by atoms with Crippen LogP contribution >= 0.6 is 12.6 Å². The SMILES string of the molecule is CC(=O)NC(CS)C(=O)NC1CCS(=O)(=O)C1. The molecule has 8 heteroatoms. The van der Waals surface area contributed by atoms with E-state index in [1.54, 1.807) is 0 Å². The molecule has 0 spiro atoms. The van der Waals surface area contributed by atoms with Crippen molar-refractivity contribution in [1.82, 2.24) is 10.6 Å². The van der Waals surface area contributed by atoms with E-state index in [0.717, 1.165) is 0 Å². The summed E-state index contributed by atoms with van der Waals surface area (Å²) in [5, 5.41) is 5.06. The minimum Gasteiger partial charge on any atom is -0.351 e. The molecule has 0 aliphatic carbocycles. The average molecular weight is 280 g/mol. The number of carbonyl (C=O) groups is 2. The van der Waals surface area contributed by atoms with Gasteiger partial charge in [0.25, 0.3) is 0 Å². The van der Waals surface area contributed by atoms with Crippen molar-refractivity contribution in [3.63, 3.8) is 0 Å². The first-order valence-corrected chi connectivity index (χ1v) is 7.68. The Kier molecular flexibility index (Phi) is 4.81. The highest BCUT2D eigenvalue weighted by Crippen LogP contribution is 2.11. The maximum atomic E-state index is 11.7. The molecule has 0 aromatic carbocycles. The molecule has 17 heavy (non-hydrogen) atoms. The minimum atomic E-state index is -3.02. The number of thiol groups is 1. The molecule has 1 saturated heterocycles. The molecule has 0 saturated carbocycles. The second-order valence-electron chi connectivity index (χ2n) is 4.04. The summed E-state index contributed by atoms with van der Waals surface area (Å²) in [5.41, 5.74) is 0. The zero-order valence-corrected chi connectivity index (χ0v) is 11.2. The van der Waals surface area contributed by atoms with Crippen LogP contribution in [0.25, 0.3) is 0 Å². The maximum Gasteiger partial charge on any atom is 0.243 e. The monoisotopic (exact) mass is 280 g/mol. The van der Waals surface area contributed by atoms with Crippen LogP contribution in [-0.2, 0) is 19.4 Å². The topological polar surface area (TPSA) is 92.3 Å². The first-order valence-electron chi connectivity index (χ1n) is 5.23. The van der Waals surface area contributed by atoms with Crippen LogP contribution in [0, 0.1) is 0 Å². The van der Waals surface area contributed by atoms with E-state index in [2.05, 4.69) is 23.3 Å². The van der Waals surface area contributed by atoms with Crippen LogP contribution in [0.1, 0.15) is 13.3 Å². The quantitative estimate of drug-likeness (QED) is 0.560. The maximum absolute atomic E-state index is 11.7. The van der Waals surface area contributed by atoms with Gasteiger partial charge in [0.15, 0.2) is 9.84 Å². The Balaban J connectivity index is 2.51. The summed E-state index contributed by atoms with van der Waals surface area (Å²) >= 11 is 3.97. The number of rotatable bonds is 4. The predicted molar refractivity (Wildman–Crippen MR) is 66.7 cm³/mol. The van der Waals surface area contributed by atoms with Gasteiger partial charge in [0.1, 0.15) is 6.04 Å². The summed E-state index contributed by atoms with van der Waals surface area (Å²) in [6.45, 7) is 1.31. The highest BCUT2D eigenvalue weighted by molar-refractivity contribution is 7.91. The van der Waals surface area contributed by atoms with Crippen LogP contribution < -0.4 is 10.6 Å².